The van der Waals surface area contributed by atoms with E-state index < -0.39 is 0 Å². The van der Waals surface area contributed by atoms with E-state index >= 15 is 0 Å². The van der Waals surface area contributed by atoms with Crippen LogP contribution in [0.25, 0.3) is 11.8 Å². The van der Waals surface area contributed by atoms with Crippen LogP contribution in [0.5, 0.6) is 11.5 Å². The molecule has 1 saturated carbocycles. The molecule has 6 heteroatoms. The summed E-state index contributed by atoms with van der Waals surface area (Å²) >= 11 is 0. The van der Waals surface area contributed by atoms with Crippen LogP contribution in [0.1, 0.15) is 46.1 Å². The molecule has 1 aromatic heterocycles. The highest BCUT2D eigenvalue weighted by Crippen LogP contribution is 2.49. The van der Waals surface area contributed by atoms with Crippen molar-refractivity contribution >= 4 is 17.7 Å². The molecule has 1 N–H and O–H groups in total. The molecule has 1 amide bonds. The van der Waals surface area contributed by atoms with E-state index in [0.29, 0.717) is 36.3 Å². The smallest absolute Gasteiger partial charge is 0.271 e. The standard InChI is InChI=1S/C26H32N2O4/c1-5-32-22-10-8-9-19(24(22)30)14-21(27-12-7-6-11-23(27)29)25(31)28-16-18-13-20(28)17(2)26(3,4)15-18/h6-12,14,17-18,20,30H,5,13,15-16H2,1-4H3/b21-14+. The van der Waals surface area contributed by atoms with Crippen molar-refractivity contribution in [3.63, 3.8) is 0 Å². The van der Waals surface area contributed by atoms with Gasteiger partial charge in [0.1, 0.15) is 5.70 Å². The number of rotatable bonds is 5. The minimum Gasteiger partial charge on any atom is -0.504 e. The lowest BCUT2D eigenvalue weighted by atomic mass is 9.65. The minimum atomic E-state index is -0.289. The number of likely N-dealkylation sites (tertiary alicyclic amines) is 1. The Balaban J connectivity index is 1.79. The van der Waals surface area contributed by atoms with Gasteiger partial charge in [0.2, 0.25) is 0 Å². The van der Waals surface area contributed by atoms with Crippen LogP contribution in [0.3, 0.4) is 0 Å². The van der Waals surface area contributed by atoms with Crippen LogP contribution < -0.4 is 10.3 Å². The highest BCUT2D eigenvalue weighted by Gasteiger charge is 2.49. The summed E-state index contributed by atoms with van der Waals surface area (Å²) in [5.41, 5.74) is 0.547. The number of amides is 1. The van der Waals surface area contributed by atoms with Crippen molar-refractivity contribution in [2.24, 2.45) is 17.3 Å². The van der Waals surface area contributed by atoms with Gasteiger partial charge in [-0.1, -0.05) is 39.0 Å². The summed E-state index contributed by atoms with van der Waals surface area (Å²) in [7, 11) is 0. The maximum Gasteiger partial charge on any atom is 0.271 e. The second-order valence-corrected chi connectivity index (χ2v) is 9.67. The van der Waals surface area contributed by atoms with Gasteiger partial charge in [0, 0.05) is 30.4 Å². The normalized spacial score (nSPS) is 24.4. The van der Waals surface area contributed by atoms with Crippen LogP contribution in [-0.4, -0.2) is 39.7 Å². The number of fused-ring (bicyclic) bond motifs is 2. The summed E-state index contributed by atoms with van der Waals surface area (Å²) in [5.74, 6) is 0.947. The van der Waals surface area contributed by atoms with Gasteiger partial charge in [0.05, 0.1) is 6.61 Å². The maximum atomic E-state index is 13.9. The van der Waals surface area contributed by atoms with E-state index in [1.807, 2.05) is 11.8 Å². The highest BCUT2D eigenvalue weighted by molar-refractivity contribution is 6.18. The molecule has 2 aliphatic rings. The van der Waals surface area contributed by atoms with Crippen molar-refractivity contribution in [2.45, 2.75) is 46.6 Å². The van der Waals surface area contributed by atoms with Crippen LogP contribution in [0.4, 0.5) is 0 Å². The summed E-state index contributed by atoms with van der Waals surface area (Å²) in [5, 5.41) is 10.7. The first-order chi connectivity index (χ1) is 15.2. The van der Waals surface area contributed by atoms with E-state index in [1.54, 1.807) is 42.6 Å². The number of hydrogen-bond acceptors (Lipinski definition) is 4. The number of phenols is 1. The Morgan fingerprint density at radius 3 is 2.75 bits per heavy atom. The molecule has 170 valence electrons. The Morgan fingerprint density at radius 2 is 2.03 bits per heavy atom. The molecule has 0 radical (unpaired) electrons. The van der Waals surface area contributed by atoms with Crippen LogP contribution in [0, 0.1) is 17.3 Å². The summed E-state index contributed by atoms with van der Waals surface area (Å²) in [6.07, 6.45) is 5.29. The number of carbonyl (C=O) groups is 1. The van der Waals surface area contributed by atoms with Crippen LogP contribution in [-0.2, 0) is 4.79 Å². The Hall–Kier alpha value is -3.02. The zero-order valence-corrected chi connectivity index (χ0v) is 19.2. The van der Waals surface area contributed by atoms with Gasteiger partial charge in [-0.15, -0.1) is 0 Å². The predicted octanol–water partition coefficient (Wildman–Crippen LogP) is 4.23. The number of hydrogen-bond donors (Lipinski definition) is 1. The molecule has 1 aromatic carbocycles. The van der Waals surface area contributed by atoms with Crippen molar-refractivity contribution in [1.82, 2.24) is 9.47 Å². The van der Waals surface area contributed by atoms with Gasteiger partial charge in [-0.05, 0) is 55.2 Å². The number of pyridine rings is 1. The fraction of sp³-hybridized carbons (Fsp3) is 0.462. The van der Waals surface area contributed by atoms with Gasteiger partial charge in [-0.2, -0.15) is 0 Å². The van der Waals surface area contributed by atoms with Crippen LogP contribution in [0.2, 0.25) is 0 Å². The minimum absolute atomic E-state index is 0.0432. The van der Waals surface area contributed by atoms with Gasteiger partial charge in [-0.3, -0.25) is 14.2 Å². The van der Waals surface area contributed by atoms with Gasteiger partial charge < -0.3 is 14.7 Å². The molecule has 3 atom stereocenters. The molecule has 2 fully saturated rings. The lowest BCUT2D eigenvalue weighted by Gasteiger charge is -2.42. The second-order valence-electron chi connectivity index (χ2n) is 9.67. The zero-order chi connectivity index (χ0) is 23.0. The van der Waals surface area contributed by atoms with E-state index in [1.165, 1.54) is 10.6 Å². The SMILES string of the molecule is CCOc1cccc(/C=C(\C(=O)N2CC3CC2C(C)C(C)(C)C3)n2ccccc2=O)c1O. The highest BCUT2D eigenvalue weighted by atomic mass is 16.5. The lowest BCUT2D eigenvalue weighted by Crippen LogP contribution is -2.45. The number of benzene rings is 1. The molecule has 0 spiro atoms. The first-order valence-corrected chi connectivity index (χ1v) is 11.4. The summed E-state index contributed by atoms with van der Waals surface area (Å²) in [6.45, 7) is 9.73. The molecule has 4 rings (SSSR count). The zero-order valence-electron chi connectivity index (χ0n) is 19.2. The Labute approximate surface area is 189 Å². The third kappa shape index (κ3) is 3.94. The third-order valence-electron chi connectivity index (χ3n) is 7.24. The van der Waals surface area contributed by atoms with Crippen molar-refractivity contribution in [1.29, 1.82) is 0 Å². The molecule has 32 heavy (non-hydrogen) atoms. The van der Waals surface area contributed by atoms with Gasteiger partial charge in [0.15, 0.2) is 11.5 Å². The summed E-state index contributed by atoms with van der Waals surface area (Å²) in [4.78, 5) is 28.5. The number of para-hydroxylation sites is 1. The molecule has 1 aliphatic carbocycles. The first kappa shape index (κ1) is 22.2. The average molecular weight is 437 g/mol. The molecular formula is C26H32N2O4. The summed E-state index contributed by atoms with van der Waals surface area (Å²) < 4.78 is 6.87. The van der Waals surface area contributed by atoms with Crippen LogP contribution in [0.15, 0.2) is 47.4 Å². The molecule has 2 heterocycles. The second kappa shape index (κ2) is 8.49. The fourth-order valence-corrected chi connectivity index (χ4v) is 5.35. The molecule has 1 saturated heterocycles. The van der Waals surface area contributed by atoms with Gasteiger partial charge in [0.25, 0.3) is 11.5 Å². The summed E-state index contributed by atoms with van der Waals surface area (Å²) in [6, 6.07) is 10.1. The molecule has 1 aliphatic heterocycles. The fourth-order valence-electron chi connectivity index (χ4n) is 5.35. The maximum absolute atomic E-state index is 13.9. The third-order valence-corrected chi connectivity index (χ3v) is 7.24. The van der Waals surface area contributed by atoms with E-state index in [0.717, 1.165) is 12.8 Å². The Bertz CT molecular complexity index is 1100. The largest absolute Gasteiger partial charge is 0.504 e. The van der Waals surface area contributed by atoms with E-state index in [-0.39, 0.29) is 34.4 Å². The van der Waals surface area contributed by atoms with Crippen LogP contribution >= 0.6 is 0 Å². The number of carbonyl (C=O) groups excluding carboxylic acids is 1. The molecule has 2 aromatic rings. The van der Waals surface area contributed by atoms with Crippen molar-refractivity contribution in [2.75, 3.05) is 13.2 Å². The number of nitrogens with zero attached hydrogens (tertiary/aromatic N) is 2. The molecule has 3 unspecified atom stereocenters. The topological polar surface area (TPSA) is 71.8 Å². The lowest BCUT2D eigenvalue weighted by molar-refractivity contribution is -0.127. The monoisotopic (exact) mass is 436 g/mol. The van der Waals surface area contributed by atoms with Crippen molar-refractivity contribution < 1.29 is 14.6 Å². The first-order valence-electron chi connectivity index (χ1n) is 11.4. The number of ether oxygens (including phenoxy) is 1. The Kier molecular flexibility index (Phi) is 5.89. The van der Waals surface area contributed by atoms with Crippen molar-refractivity contribution in [3.05, 3.63) is 58.5 Å². The number of aromatic nitrogens is 1. The predicted molar refractivity (Wildman–Crippen MR) is 125 cm³/mol. The van der Waals surface area contributed by atoms with Gasteiger partial charge in [-0.25, -0.2) is 0 Å². The quantitative estimate of drug-likeness (QED) is 0.712. The van der Waals surface area contributed by atoms with Crippen molar-refractivity contribution in [3.8, 4) is 11.5 Å². The van der Waals surface area contributed by atoms with Gasteiger partial charge >= 0.3 is 0 Å². The molecular weight excluding hydrogens is 404 g/mol. The van der Waals surface area contributed by atoms with E-state index in [9.17, 15) is 14.7 Å². The molecule has 6 nitrogen and oxygen atoms in total. The Morgan fingerprint density at radius 1 is 1.25 bits per heavy atom. The molecule has 2 bridgehead atoms. The number of aromatic hydroxyl groups is 1. The average Bonchev–Trinajstić information content (AvgIpc) is 3.13. The van der Waals surface area contributed by atoms with E-state index in [4.69, 9.17) is 4.74 Å². The van der Waals surface area contributed by atoms with E-state index in [2.05, 4.69) is 20.8 Å². The number of phenolic OH excluding ortho intramolecular Hbond substituents is 1.